The molecule has 1 aromatic rings. The van der Waals surface area contributed by atoms with Crippen LogP contribution in [0.25, 0.3) is 0 Å². The molecule has 1 aromatic heterocycles. The summed E-state index contributed by atoms with van der Waals surface area (Å²) in [4.78, 5) is 15.0. The number of aliphatic hydroxyl groups is 1. The monoisotopic (exact) mass is 270 g/mol. The van der Waals surface area contributed by atoms with Crippen molar-refractivity contribution in [3.05, 3.63) is 22.4 Å². The van der Waals surface area contributed by atoms with Gasteiger partial charge in [0.15, 0.2) is 0 Å². The second-order valence-corrected chi connectivity index (χ2v) is 5.21. The van der Waals surface area contributed by atoms with E-state index in [1.807, 2.05) is 16.3 Å². The number of aliphatic hydroxyl groups excluding tert-OH is 1. The van der Waals surface area contributed by atoms with Gasteiger partial charge in [0.25, 0.3) is 0 Å². The molecule has 0 saturated carbocycles. The second kappa shape index (κ2) is 9.08. The Morgan fingerprint density at radius 3 is 2.94 bits per heavy atom. The first-order valence-corrected chi connectivity index (χ1v) is 7.26. The van der Waals surface area contributed by atoms with Gasteiger partial charge in [0.2, 0.25) is 5.91 Å². The van der Waals surface area contributed by atoms with Crippen LogP contribution in [0.5, 0.6) is 0 Å². The predicted octanol–water partition coefficient (Wildman–Crippen LogP) is 1.11. The lowest BCUT2D eigenvalue weighted by molar-refractivity contribution is -0.122. The third-order valence-corrected chi connectivity index (χ3v) is 3.53. The molecule has 4 nitrogen and oxygen atoms in total. The number of carbonyl (C=O) groups is 1. The Kier molecular flexibility index (Phi) is 7.64. The third kappa shape index (κ3) is 6.14. The smallest absolute Gasteiger partial charge is 0.234 e. The van der Waals surface area contributed by atoms with Crippen molar-refractivity contribution in [2.24, 2.45) is 0 Å². The van der Waals surface area contributed by atoms with Gasteiger partial charge in [0, 0.05) is 18.0 Å². The van der Waals surface area contributed by atoms with Crippen LogP contribution >= 0.6 is 11.3 Å². The molecule has 1 rings (SSSR count). The first kappa shape index (κ1) is 15.1. The Morgan fingerprint density at radius 1 is 1.50 bits per heavy atom. The van der Waals surface area contributed by atoms with Gasteiger partial charge < -0.3 is 10.4 Å². The van der Waals surface area contributed by atoms with Crippen molar-refractivity contribution in [3.63, 3.8) is 0 Å². The minimum Gasteiger partial charge on any atom is -0.395 e. The molecule has 0 fully saturated rings. The Balaban J connectivity index is 2.18. The number of amides is 1. The highest BCUT2D eigenvalue weighted by Gasteiger charge is 2.08. The summed E-state index contributed by atoms with van der Waals surface area (Å²) in [6, 6.07) is 4.10. The Morgan fingerprint density at radius 2 is 2.33 bits per heavy atom. The molecule has 0 saturated heterocycles. The Hall–Kier alpha value is -0.910. The third-order valence-electron chi connectivity index (χ3n) is 2.60. The minimum atomic E-state index is 0.0356. The van der Waals surface area contributed by atoms with Crippen LogP contribution in [0.15, 0.2) is 17.5 Å². The summed E-state index contributed by atoms with van der Waals surface area (Å²) in [5, 5.41) is 13.9. The van der Waals surface area contributed by atoms with Gasteiger partial charge in [-0.25, -0.2) is 0 Å². The van der Waals surface area contributed by atoms with Crippen molar-refractivity contribution in [1.82, 2.24) is 10.2 Å². The Labute approximate surface area is 113 Å². The number of nitrogens with zero attached hydrogens (tertiary/aromatic N) is 1. The standard InChI is InChI=1S/C13H22N2O2S/c1-2-7-15(8-9-16)11-13(17)14-6-5-12-4-3-10-18-12/h3-4,10,16H,2,5-9,11H2,1H3,(H,14,17). The van der Waals surface area contributed by atoms with Crippen molar-refractivity contribution < 1.29 is 9.90 Å². The molecule has 0 atom stereocenters. The first-order valence-electron chi connectivity index (χ1n) is 6.38. The highest BCUT2D eigenvalue weighted by atomic mass is 32.1. The van der Waals surface area contributed by atoms with Crippen LogP contribution in [-0.2, 0) is 11.2 Å². The molecular formula is C13H22N2O2S. The van der Waals surface area contributed by atoms with Crippen LogP contribution in [0.1, 0.15) is 18.2 Å². The largest absolute Gasteiger partial charge is 0.395 e. The molecule has 1 heterocycles. The number of thiophene rings is 1. The molecule has 0 radical (unpaired) electrons. The summed E-state index contributed by atoms with van der Waals surface area (Å²) in [6.45, 7) is 4.63. The topological polar surface area (TPSA) is 52.6 Å². The van der Waals surface area contributed by atoms with E-state index < -0.39 is 0 Å². The zero-order chi connectivity index (χ0) is 13.2. The summed E-state index contributed by atoms with van der Waals surface area (Å²) >= 11 is 1.71. The molecule has 0 unspecified atom stereocenters. The highest BCUT2D eigenvalue weighted by Crippen LogP contribution is 2.07. The molecule has 0 aliphatic carbocycles. The second-order valence-electron chi connectivity index (χ2n) is 4.18. The summed E-state index contributed by atoms with van der Waals surface area (Å²) in [7, 11) is 0. The number of rotatable bonds is 9. The normalized spacial score (nSPS) is 10.8. The van der Waals surface area contributed by atoms with E-state index in [0.717, 1.165) is 19.4 Å². The van der Waals surface area contributed by atoms with Crippen molar-refractivity contribution in [1.29, 1.82) is 0 Å². The fraction of sp³-hybridized carbons (Fsp3) is 0.615. The lowest BCUT2D eigenvalue weighted by Gasteiger charge is -2.19. The summed E-state index contributed by atoms with van der Waals surface area (Å²) in [6.07, 6.45) is 1.87. The van der Waals surface area contributed by atoms with E-state index in [4.69, 9.17) is 5.11 Å². The van der Waals surface area contributed by atoms with E-state index in [1.54, 1.807) is 11.3 Å². The van der Waals surface area contributed by atoms with Crippen LogP contribution < -0.4 is 5.32 Å². The summed E-state index contributed by atoms with van der Waals surface area (Å²) < 4.78 is 0. The lowest BCUT2D eigenvalue weighted by Crippen LogP contribution is -2.39. The van der Waals surface area contributed by atoms with Crippen LogP contribution in [0, 0.1) is 0 Å². The molecule has 1 amide bonds. The van der Waals surface area contributed by atoms with Crippen molar-refractivity contribution in [3.8, 4) is 0 Å². The van der Waals surface area contributed by atoms with E-state index in [9.17, 15) is 4.79 Å². The van der Waals surface area contributed by atoms with Gasteiger partial charge in [0.05, 0.1) is 13.2 Å². The number of carbonyl (C=O) groups excluding carboxylic acids is 1. The average molecular weight is 270 g/mol. The molecule has 0 aromatic carbocycles. The maximum Gasteiger partial charge on any atom is 0.234 e. The van der Waals surface area contributed by atoms with E-state index in [0.29, 0.717) is 19.6 Å². The number of hydrogen-bond donors (Lipinski definition) is 2. The fourth-order valence-electron chi connectivity index (χ4n) is 1.77. The maximum atomic E-state index is 11.7. The molecule has 0 spiro atoms. The SMILES string of the molecule is CCCN(CCO)CC(=O)NCCc1cccs1. The maximum absolute atomic E-state index is 11.7. The van der Waals surface area contributed by atoms with E-state index in [-0.39, 0.29) is 12.5 Å². The van der Waals surface area contributed by atoms with Crippen LogP contribution in [0.2, 0.25) is 0 Å². The molecule has 0 aliphatic heterocycles. The van der Waals surface area contributed by atoms with Crippen LogP contribution in [-0.4, -0.2) is 48.7 Å². The zero-order valence-corrected chi connectivity index (χ0v) is 11.7. The first-order chi connectivity index (χ1) is 8.76. The van der Waals surface area contributed by atoms with E-state index in [2.05, 4.69) is 18.3 Å². The predicted molar refractivity (Wildman–Crippen MR) is 74.8 cm³/mol. The quantitative estimate of drug-likeness (QED) is 0.707. The summed E-state index contributed by atoms with van der Waals surface area (Å²) in [5.74, 6) is 0.0356. The fourth-order valence-corrected chi connectivity index (χ4v) is 2.48. The van der Waals surface area contributed by atoms with Gasteiger partial charge >= 0.3 is 0 Å². The number of hydrogen-bond acceptors (Lipinski definition) is 4. The van der Waals surface area contributed by atoms with Gasteiger partial charge in [-0.2, -0.15) is 0 Å². The van der Waals surface area contributed by atoms with Crippen molar-refractivity contribution >= 4 is 17.2 Å². The van der Waals surface area contributed by atoms with Gasteiger partial charge in [-0.3, -0.25) is 9.69 Å². The van der Waals surface area contributed by atoms with Crippen molar-refractivity contribution in [2.75, 3.05) is 32.8 Å². The van der Waals surface area contributed by atoms with E-state index in [1.165, 1.54) is 4.88 Å². The van der Waals surface area contributed by atoms with Gasteiger partial charge in [0.1, 0.15) is 0 Å². The molecule has 2 N–H and O–H groups in total. The molecule has 102 valence electrons. The van der Waals surface area contributed by atoms with Gasteiger partial charge in [-0.15, -0.1) is 11.3 Å². The summed E-state index contributed by atoms with van der Waals surface area (Å²) in [5.41, 5.74) is 0. The number of nitrogens with one attached hydrogen (secondary N) is 1. The average Bonchev–Trinajstić information content (AvgIpc) is 2.82. The molecular weight excluding hydrogens is 248 g/mol. The zero-order valence-electron chi connectivity index (χ0n) is 10.9. The lowest BCUT2D eigenvalue weighted by atomic mass is 10.3. The molecule has 18 heavy (non-hydrogen) atoms. The van der Waals surface area contributed by atoms with Crippen LogP contribution in [0.3, 0.4) is 0 Å². The van der Waals surface area contributed by atoms with Crippen LogP contribution in [0.4, 0.5) is 0 Å². The minimum absolute atomic E-state index is 0.0356. The molecule has 0 bridgehead atoms. The highest BCUT2D eigenvalue weighted by molar-refractivity contribution is 7.09. The van der Waals surface area contributed by atoms with Gasteiger partial charge in [-0.05, 0) is 30.8 Å². The van der Waals surface area contributed by atoms with Gasteiger partial charge in [-0.1, -0.05) is 13.0 Å². The molecule has 5 heteroatoms. The Bertz CT molecular complexity index is 322. The molecule has 0 aliphatic rings. The van der Waals surface area contributed by atoms with E-state index >= 15 is 0 Å². The van der Waals surface area contributed by atoms with Crippen molar-refractivity contribution in [2.45, 2.75) is 19.8 Å².